The van der Waals surface area contributed by atoms with Crippen molar-refractivity contribution in [3.63, 3.8) is 0 Å². The Morgan fingerprint density at radius 3 is 2.64 bits per heavy atom. The number of benzene rings is 1. The molecule has 0 saturated carbocycles. The van der Waals surface area contributed by atoms with E-state index >= 15 is 0 Å². The maximum Gasteiger partial charge on any atom is 0.324 e. The van der Waals surface area contributed by atoms with Crippen molar-refractivity contribution in [1.82, 2.24) is 4.72 Å². The number of carbonyl (C=O) groups excluding carboxylic acids is 1. The van der Waals surface area contributed by atoms with Crippen molar-refractivity contribution >= 4 is 27.6 Å². The van der Waals surface area contributed by atoms with E-state index in [2.05, 4.69) is 4.72 Å². The Hall–Kier alpha value is -1.18. The minimum Gasteiger partial charge on any atom is -0.465 e. The molecule has 1 rings (SSSR count). The highest BCUT2D eigenvalue weighted by Gasteiger charge is 2.27. The van der Waals surface area contributed by atoms with E-state index < -0.39 is 27.9 Å². The van der Waals surface area contributed by atoms with Gasteiger partial charge in [-0.3, -0.25) is 4.79 Å². The summed E-state index contributed by atoms with van der Waals surface area (Å²) in [5, 5.41) is -0.245. The van der Waals surface area contributed by atoms with Gasteiger partial charge in [-0.05, 0) is 31.5 Å². The van der Waals surface area contributed by atoms with Gasteiger partial charge in [0.05, 0.1) is 11.6 Å². The third kappa shape index (κ3) is 5.23. The molecule has 0 bridgehead atoms. The predicted octanol–water partition coefficient (Wildman–Crippen LogP) is 2.88. The summed E-state index contributed by atoms with van der Waals surface area (Å²) in [5.74, 6) is -1.28. The maximum atomic E-state index is 13.0. The van der Waals surface area contributed by atoms with Crippen LogP contribution in [0.2, 0.25) is 5.02 Å². The number of hydrogen-bond acceptors (Lipinski definition) is 4. The van der Waals surface area contributed by atoms with Crippen molar-refractivity contribution in [3.05, 3.63) is 29.0 Å². The molecule has 0 aromatic heterocycles. The number of esters is 1. The van der Waals surface area contributed by atoms with Crippen LogP contribution in [0.1, 0.15) is 33.1 Å². The van der Waals surface area contributed by atoms with Gasteiger partial charge >= 0.3 is 5.97 Å². The first-order valence-corrected chi connectivity index (χ1v) is 8.82. The predicted molar refractivity (Wildman–Crippen MR) is 81.7 cm³/mol. The maximum absolute atomic E-state index is 13.0. The van der Waals surface area contributed by atoms with Crippen LogP contribution >= 0.6 is 11.6 Å². The number of sulfonamides is 1. The summed E-state index contributed by atoms with van der Waals surface area (Å²) in [7, 11) is -4.05. The van der Waals surface area contributed by atoms with Crippen molar-refractivity contribution in [3.8, 4) is 0 Å². The van der Waals surface area contributed by atoms with Crippen molar-refractivity contribution in [2.24, 2.45) is 0 Å². The van der Waals surface area contributed by atoms with Gasteiger partial charge in [-0.2, -0.15) is 4.72 Å². The van der Waals surface area contributed by atoms with Crippen LogP contribution in [0.3, 0.4) is 0 Å². The molecule has 1 aromatic rings. The Bertz CT molecular complexity index is 621. The largest absolute Gasteiger partial charge is 0.465 e. The lowest BCUT2D eigenvalue weighted by molar-refractivity contribution is -0.145. The molecule has 0 aliphatic rings. The first kappa shape index (κ1) is 18.9. The van der Waals surface area contributed by atoms with Gasteiger partial charge in [0.2, 0.25) is 10.0 Å². The SMILES string of the molecule is CCCCC(NS(=O)(=O)c1ccc(F)cc1Cl)C(=O)OCC. The van der Waals surface area contributed by atoms with Gasteiger partial charge in [-0.15, -0.1) is 0 Å². The van der Waals surface area contributed by atoms with E-state index in [4.69, 9.17) is 16.3 Å². The van der Waals surface area contributed by atoms with Crippen molar-refractivity contribution in [2.75, 3.05) is 6.61 Å². The van der Waals surface area contributed by atoms with E-state index in [1.54, 1.807) is 6.92 Å². The van der Waals surface area contributed by atoms with Gasteiger partial charge < -0.3 is 4.74 Å². The number of nitrogens with one attached hydrogen (secondary N) is 1. The van der Waals surface area contributed by atoms with Gasteiger partial charge in [0, 0.05) is 0 Å². The average molecular weight is 352 g/mol. The third-order valence-corrected chi connectivity index (χ3v) is 4.85. The van der Waals surface area contributed by atoms with E-state index in [0.29, 0.717) is 12.8 Å². The molecule has 124 valence electrons. The van der Waals surface area contributed by atoms with E-state index in [9.17, 15) is 17.6 Å². The average Bonchev–Trinajstić information content (AvgIpc) is 2.43. The lowest BCUT2D eigenvalue weighted by atomic mass is 10.1. The number of ether oxygens (including phenoxy) is 1. The summed E-state index contributed by atoms with van der Waals surface area (Å²) in [6.45, 7) is 3.72. The summed E-state index contributed by atoms with van der Waals surface area (Å²) in [6.07, 6.45) is 1.77. The highest BCUT2D eigenvalue weighted by Crippen LogP contribution is 2.22. The highest BCUT2D eigenvalue weighted by atomic mass is 35.5. The Balaban J connectivity index is 3.01. The zero-order valence-corrected chi connectivity index (χ0v) is 14.0. The van der Waals surface area contributed by atoms with E-state index in [-0.39, 0.29) is 16.5 Å². The molecule has 0 fully saturated rings. The van der Waals surface area contributed by atoms with Gasteiger partial charge in [0.15, 0.2) is 0 Å². The van der Waals surface area contributed by atoms with Crippen molar-refractivity contribution < 1.29 is 22.3 Å². The van der Waals surface area contributed by atoms with E-state index in [1.165, 1.54) is 0 Å². The van der Waals surface area contributed by atoms with Gasteiger partial charge in [-0.1, -0.05) is 31.4 Å². The van der Waals surface area contributed by atoms with Gasteiger partial charge in [0.25, 0.3) is 0 Å². The molecule has 0 spiro atoms. The fourth-order valence-electron chi connectivity index (χ4n) is 1.82. The van der Waals surface area contributed by atoms with Crippen LogP contribution in [0, 0.1) is 5.82 Å². The summed E-state index contributed by atoms with van der Waals surface area (Å²) < 4.78 is 44.8. The molecule has 5 nitrogen and oxygen atoms in total. The van der Waals surface area contributed by atoms with Gasteiger partial charge in [0.1, 0.15) is 16.8 Å². The molecule has 0 radical (unpaired) electrons. The molecule has 1 N–H and O–H groups in total. The molecular weight excluding hydrogens is 333 g/mol. The fourth-order valence-corrected chi connectivity index (χ4v) is 3.57. The minimum absolute atomic E-state index is 0.153. The minimum atomic E-state index is -4.05. The standard InChI is InChI=1S/C14H19ClFNO4S/c1-3-5-6-12(14(18)21-4-2)17-22(19,20)13-8-7-10(16)9-11(13)15/h7-9,12,17H,3-6H2,1-2H3. The van der Waals surface area contributed by atoms with Crippen LogP contribution in [0.15, 0.2) is 23.1 Å². The molecule has 22 heavy (non-hydrogen) atoms. The normalized spacial score (nSPS) is 12.9. The summed E-state index contributed by atoms with van der Waals surface area (Å²) in [6, 6.07) is 1.96. The number of hydrogen-bond donors (Lipinski definition) is 1. The first-order valence-electron chi connectivity index (χ1n) is 6.95. The van der Waals surface area contributed by atoms with Crippen LogP contribution < -0.4 is 4.72 Å². The smallest absolute Gasteiger partial charge is 0.324 e. The molecule has 0 aliphatic carbocycles. The molecule has 1 atom stereocenters. The number of rotatable bonds is 8. The molecule has 1 unspecified atom stereocenters. The van der Waals surface area contributed by atoms with E-state index in [1.807, 2.05) is 6.92 Å². The summed E-state index contributed by atoms with van der Waals surface area (Å²) in [4.78, 5) is 11.6. The Morgan fingerprint density at radius 1 is 1.41 bits per heavy atom. The molecule has 1 aromatic carbocycles. The first-order chi connectivity index (χ1) is 10.3. The molecule has 8 heteroatoms. The van der Waals surface area contributed by atoms with Crippen molar-refractivity contribution in [1.29, 1.82) is 0 Å². The lowest BCUT2D eigenvalue weighted by Gasteiger charge is -2.17. The molecular formula is C14H19ClFNO4S. The zero-order chi connectivity index (χ0) is 16.8. The second-order valence-corrected chi connectivity index (χ2v) is 6.73. The quantitative estimate of drug-likeness (QED) is 0.731. The van der Waals surface area contributed by atoms with Gasteiger partial charge in [-0.25, -0.2) is 12.8 Å². The number of carbonyl (C=O) groups is 1. The Morgan fingerprint density at radius 2 is 2.09 bits per heavy atom. The second kappa shape index (κ2) is 8.45. The zero-order valence-electron chi connectivity index (χ0n) is 12.4. The van der Waals surface area contributed by atoms with Crippen LogP contribution in [0.25, 0.3) is 0 Å². The lowest BCUT2D eigenvalue weighted by Crippen LogP contribution is -2.41. The van der Waals surface area contributed by atoms with Crippen LogP contribution in [-0.2, 0) is 19.6 Å². The van der Waals surface area contributed by atoms with Crippen molar-refractivity contribution in [2.45, 2.75) is 44.0 Å². The summed E-state index contributed by atoms with van der Waals surface area (Å²) >= 11 is 5.77. The monoisotopic (exact) mass is 351 g/mol. The molecule has 0 heterocycles. The van der Waals surface area contributed by atoms with Crippen LogP contribution in [-0.4, -0.2) is 27.0 Å². The molecule has 0 saturated heterocycles. The topological polar surface area (TPSA) is 72.5 Å². The van der Waals surface area contributed by atoms with Crippen LogP contribution in [0.4, 0.5) is 4.39 Å². The van der Waals surface area contributed by atoms with Crippen LogP contribution in [0.5, 0.6) is 0 Å². The van der Waals surface area contributed by atoms with E-state index in [0.717, 1.165) is 24.6 Å². The fraction of sp³-hybridized carbons (Fsp3) is 0.500. The summed E-state index contributed by atoms with van der Waals surface area (Å²) in [5.41, 5.74) is 0. The Labute approximate surface area is 134 Å². The molecule has 0 aliphatic heterocycles. The third-order valence-electron chi connectivity index (χ3n) is 2.90. The number of unbranched alkanes of at least 4 members (excludes halogenated alkanes) is 1. The highest BCUT2D eigenvalue weighted by molar-refractivity contribution is 7.89. The Kier molecular flexibility index (Phi) is 7.25. The molecule has 0 amide bonds. The number of halogens is 2. The second-order valence-electron chi connectivity index (χ2n) is 4.64.